The van der Waals surface area contributed by atoms with Crippen molar-refractivity contribution < 1.29 is 14.4 Å². The Morgan fingerprint density at radius 3 is 2.71 bits per heavy atom. The fraction of sp³-hybridized carbons (Fsp3) is 0.333. The Balaban J connectivity index is 1.65. The maximum absolute atomic E-state index is 13.3. The summed E-state index contributed by atoms with van der Waals surface area (Å²) in [6.07, 6.45) is 0. The first-order chi connectivity index (χ1) is 13.6. The van der Waals surface area contributed by atoms with Gasteiger partial charge in [0.2, 0.25) is 0 Å². The van der Waals surface area contributed by atoms with Crippen molar-refractivity contribution in [1.82, 2.24) is 4.98 Å². The van der Waals surface area contributed by atoms with Crippen LogP contribution in [0.25, 0.3) is 10.2 Å². The van der Waals surface area contributed by atoms with Gasteiger partial charge in [0, 0.05) is 10.6 Å². The number of hydrogen-bond acceptors (Lipinski definition) is 4. The normalized spacial score (nSPS) is 15.1. The van der Waals surface area contributed by atoms with Crippen LogP contribution in [0.1, 0.15) is 15.9 Å². The number of benzene rings is 2. The molecule has 146 valence electrons. The first-order valence-electron chi connectivity index (χ1n) is 9.47. The van der Waals surface area contributed by atoms with Gasteiger partial charge >= 0.3 is 0 Å². The standard InChI is InChI=1S/C21H22ClN3O2S/c1-15-17(22)7-8-18-19(15)23-21(28-18)25(10-9-24-11-13-27-14-12-24)20(26)16-5-3-2-4-6-16/h2-8H,9-14H2,1H3/p+1. The number of quaternary nitrogens is 1. The maximum Gasteiger partial charge on any atom is 0.260 e. The van der Waals surface area contributed by atoms with Crippen LogP contribution in [0.15, 0.2) is 42.5 Å². The van der Waals surface area contributed by atoms with Crippen LogP contribution in [-0.4, -0.2) is 50.3 Å². The highest BCUT2D eigenvalue weighted by Gasteiger charge is 2.24. The van der Waals surface area contributed by atoms with Gasteiger partial charge < -0.3 is 9.64 Å². The number of nitrogens with one attached hydrogen (secondary N) is 1. The minimum Gasteiger partial charge on any atom is -0.370 e. The van der Waals surface area contributed by atoms with E-state index in [-0.39, 0.29) is 5.91 Å². The molecule has 2 heterocycles. The van der Waals surface area contributed by atoms with Crippen molar-refractivity contribution in [2.24, 2.45) is 0 Å². The number of carbonyl (C=O) groups is 1. The molecule has 0 aliphatic carbocycles. The molecule has 0 radical (unpaired) electrons. The molecule has 1 saturated heterocycles. The van der Waals surface area contributed by atoms with Gasteiger partial charge in [-0.1, -0.05) is 41.1 Å². The van der Waals surface area contributed by atoms with Crippen molar-refractivity contribution in [2.45, 2.75) is 6.92 Å². The second-order valence-corrected chi connectivity index (χ2v) is 8.37. The number of nitrogens with zero attached hydrogens (tertiary/aromatic N) is 2. The molecule has 0 bridgehead atoms. The Hall–Kier alpha value is -1.99. The smallest absolute Gasteiger partial charge is 0.260 e. The molecule has 1 aliphatic rings. The van der Waals surface area contributed by atoms with Gasteiger partial charge in [0.05, 0.1) is 36.5 Å². The molecule has 1 fully saturated rings. The molecule has 1 aromatic heterocycles. The molecule has 2 aromatic carbocycles. The molecular formula is C21H23ClN3O2S+. The van der Waals surface area contributed by atoms with E-state index in [2.05, 4.69) is 0 Å². The highest BCUT2D eigenvalue weighted by atomic mass is 35.5. The number of aromatic nitrogens is 1. The van der Waals surface area contributed by atoms with Crippen molar-refractivity contribution in [2.75, 3.05) is 44.3 Å². The summed E-state index contributed by atoms with van der Waals surface area (Å²) >= 11 is 7.81. The predicted octanol–water partition coefficient (Wildman–Crippen LogP) is 2.82. The van der Waals surface area contributed by atoms with Gasteiger partial charge in [-0.25, -0.2) is 4.98 Å². The van der Waals surface area contributed by atoms with E-state index in [0.717, 1.165) is 53.8 Å². The van der Waals surface area contributed by atoms with Gasteiger partial charge in [-0.05, 0) is 36.8 Å². The number of morpholine rings is 1. The summed E-state index contributed by atoms with van der Waals surface area (Å²) in [5, 5.41) is 1.42. The van der Waals surface area contributed by atoms with E-state index in [0.29, 0.717) is 17.1 Å². The van der Waals surface area contributed by atoms with Crippen molar-refractivity contribution in [3.05, 3.63) is 58.6 Å². The average Bonchev–Trinajstić information content (AvgIpc) is 3.17. The molecule has 7 heteroatoms. The van der Waals surface area contributed by atoms with Gasteiger partial charge in [-0.3, -0.25) is 9.69 Å². The third kappa shape index (κ3) is 4.05. The Morgan fingerprint density at radius 2 is 1.96 bits per heavy atom. The van der Waals surface area contributed by atoms with Crippen LogP contribution in [0.3, 0.4) is 0 Å². The zero-order valence-corrected chi connectivity index (χ0v) is 17.4. The van der Waals surface area contributed by atoms with Crippen LogP contribution in [-0.2, 0) is 4.74 Å². The number of aryl methyl sites for hydroxylation is 1. The van der Waals surface area contributed by atoms with E-state index >= 15 is 0 Å². The largest absolute Gasteiger partial charge is 0.370 e. The number of fused-ring (bicyclic) bond motifs is 1. The molecule has 3 aromatic rings. The second-order valence-electron chi connectivity index (χ2n) is 6.95. The zero-order valence-electron chi connectivity index (χ0n) is 15.8. The maximum atomic E-state index is 13.3. The number of anilines is 1. The van der Waals surface area contributed by atoms with Gasteiger partial charge in [0.15, 0.2) is 5.13 Å². The molecule has 1 aliphatic heterocycles. The lowest BCUT2D eigenvalue weighted by Crippen LogP contribution is -3.14. The van der Waals surface area contributed by atoms with E-state index in [4.69, 9.17) is 21.3 Å². The Bertz CT molecular complexity index is 970. The third-order valence-corrected chi connectivity index (χ3v) is 6.58. The molecular weight excluding hydrogens is 394 g/mol. The molecule has 0 unspecified atom stereocenters. The van der Waals surface area contributed by atoms with Crippen LogP contribution in [0.5, 0.6) is 0 Å². The zero-order chi connectivity index (χ0) is 19.5. The number of ether oxygens (including phenoxy) is 1. The monoisotopic (exact) mass is 416 g/mol. The van der Waals surface area contributed by atoms with Crippen molar-refractivity contribution in [3.63, 3.8) is 0 Å². The summed E-state index contributed by atoms with van der Waals surface area (Å²) < 4.78 is 6.49. The number of hydrogen-bond donors (Lipinski definition) is 1. The summed E-state index contributed by atoms with van der Waals surface area (Å²) in [4.78, 5) is 21.3. The number of amides is 1. The summed E-state index contributed by atoms with van der Waals surface area (Å²) in [5.41, 5.74) is 2.50. The van der Waals surface area contributed by atoms with E-state index in [9.17, 15) is 4.79 Å². The summed E-state index contributed by atoms with van der Waals surface area (Å²) in [7, 11) is 0. The lowest BCUT2D eigenvalue weighted by molar-refractivity contribution is -0.906. The molecule has 1 N–H and O–H groups in total. The quantitative estimate of drug-likeness (QED) is 0.695. The van der Waals surface area contributed by atoms with Crippen molar-refractivity contribution in [1.29, 1.82) is 0 Å². The van der Waals surface area contributed by atoms with Crippen LogP contribution >= 0.6 is 22.9 Å². The third-order valence-electron chi connectivity index (χ3n) is 5.12. The van der Waals surface area contributed by atoms with E-state index in [1.807, 2.05) is 54.3 Å². The van der Waals surface area contributed by atoms with E-state index in [1.54, 1.807) is 0 Å². The molecule has 1 amide bonds. The topological polar surface area (TPSA) is 46.9 Å². The number of carbonyl (C=O) groups excluding carboxylic acids is 1. The van der Waals surface area contributed by atoms with Crippen LogP contribution in [0, 0.1) is 6.92 Å². The van der Waals surface area contributed by atoms with Gasteiger partial charge in [-0.2, -0.15) is 0 Å². The minimum absolute atomic E-state index is 0.0175. The lowest BCUT2D eigenvalue weighted by atomic mass is 10.2. The Labute approximate surface area is 173 Å². The minimum atomic E-state index is -0.0175. The van der Waals surface area contributed by atoms with Crippen LogP contribution in [0.2, 0.25) is 5.02 Å². The predicted molar refractivity (Wildman–Crippen MR) is 114 cm³/mol. The summed E-state index contributed by atoms with van der Waals surface area (Å²) in [6.45, 7) is 6.97. The first kappa shape index (κ1) is 19.3. The molecule has 0 atom stereocenters. The fourth-order valence-electron chi connectivity index (χ4n) is 3.40. The van der Waals surface area contributed by atoms with E-state index in [1.165, 1.54) is 16.2 Å². The SMILES string of the molecule is Cc1c(Cl)ccc2sc(N(CC[NH+]3CCOCC3)C(=O)c3ccccc3)nc12. The van der Waals surface area contributed by atoms with Crippen LogP contribution < -0.4 is 9.80 Å². The molecule has 4 rings (SSSR count). The number of thiazole rings is 1. The molecule has 5 nitrogen and oxygen atoms in total. The van der Waals surface area contributed by atoms with Gasteiger partial charge in [-0.15, -0.1) is 0 Å². The van der Waals surface area contributed by atoms with Gasteiger partial charge in [0.1, 0.15) is 13.1 Å². The lowest BCUT2D eigenvalue weighted by Gasteiger charge is -2.26. The van der Waals surface area contributed by atoms with Crippen molar-refractivity contribution in [3.8, 4) is 0 Å². The van der Waals surface area contributed by atoms with Crippen LogP contribution in [0.4, 0.5) is 5.13 Å². The average molecular weight is 417 g/mol. The molecule has 0 saturated carbocycles. The van der Waals surface area contributed by atoms with E-state index < -0.39 is 0 Å². The fourth-order valence-corrected chi connectivity index (χ4v) is 4.61. The Kier molecular flexibility index (Phi) is 5.92. The van der Waals surface area contributed by atoms with Gasteiger partial charge in [0.25, 0.3) is 5.91 Å². The Morgan fingerprint density at radius 1 is 1.21 bits per heavy atom. The van der Waals surface area contributed by atoms with Crippen molar-refractivity contribution >= 4 is 44.2 Å². The summed E-state index contributed by atoms with van der Waals surface area (Å²) in [6, 6.07) is 13.3. The number of rotatable bonds is 5. The summed E-state index contributed by atoms with van der Waals surface area (Å²) in [5.74, 6) is -0.0175. The highest BCUT2D eigenvalue weighted by Crippen LogP contribution is 2.34. The second kappa shape index (κ2) is 8.57. The molecule has 28 heavy (non-hydrogen) atoms. The number of halogens is 1. The molecule has 0 spiro atoms. The first-order valence-corrected chi connectivity index (χ1v) is 10.7. The highest BCUT2D eigenvalue weighted by molar-refractivity contribution is 7.22.